The zero-order valence-corrected chi connectivity index (χ0v) is 38.8. The average molecular weight is 920 g/mol. The molecule has 0 aliphatic heterocycles. The first-order valence-corrected chi connectivity index (χ1v) is 23.6. The summed E-state index contributed by atoms with van der Waals surface area (Å²) in [5, 5.41) is 29.1. The van der Waals surface area contributed by atoms with E-state index in [4.69, 9.17) is 40.4 Å². The van der Waals surface area contributed by atoms with E-state index in [1.165, 1.54) is 64.9 Å². The number of carbonyl (C=O) groups is 6. The number of rotatable bonds is 48. The van der Waals surface area contributed by atoms with E-state index in [-0.39, 0.29) is 115 Å². The van der Waals surface area contributed by atoms with Crippen LogP contribution in [0.3, 0.4) is 0 Å². The SMILES string of the molecule is COC(O)C(CCCCNC(=O)COCCOCCNC(=O)COCCOCCNC(=O)CCC(NC(=O)CCCCCCCCCCCCCCCCCCC(=O)O)C(N)=O)NN. The van der Waals surface area contributed by atoms with Crippen molar-refractivity contribution < 1.29 is 62.7 Å². The number of nitrogens with one attached hydrogen (secondary N) is 5. The summed E-state index contributed by atoms with van der Waals surface area (Å²) < 4.78 is 26.2. The van der Waals surface area contributed by atoms with Gasteiger partial charge in [0.2, 0.25) is 29.5 Å². The van der Waals surface area contributed by atoms with Crippen LogP contribution in [-0.2, 0) is 52.5 Å². The van der Waals surface area contributed by atoms with E-state index in [0.717, 1.165) is 51.4 Å². The first kappa shape index (κ1) is 60.5. The zero-order chi connectivity index (χ0) is 47.3. The minimum atomic E-state index is -0.994. The first-order valence-electron chi connectivity index (χ1n) is 23.6. The number of nitrogens with two attached hydrogens (primary N) is 2. The monoisotopic (exact) mass is 920 g/mol. The Labute approximate surface area is 381 Å². The minimum absolute atomic E-state index is 0.0160. The summed E-state index contributed by atoms with van der Waals surface area (Å²) in [6.45, 7) is 2.09. The van der Waals surface area contributed by atoms with Gasteiger partial charge >= 0.3 is 5.97 Å². The van der Waals surface area contributed by atoms with Crippen molar-refractivity contribution in [3.05, 3.63) is 0 Å². The normalized spacial score (nSPS) is 12.6. The Balaban J connectivity index is 3.65. The highest BCUT2D eigenvalue weighted by atomic mass is 16.6. The highest BCUT2D eigenvalue weighted by molar-refractivity contribution is 5.87. The number of methoxy groups -OCH3 is 1. The van der Waals surface area contributed by atoms with Crippen LogP contribution in [0.1, 0.15) is 148 Å². The lowest BCUT2D eigenvalue weighted by Crippen LogP contribution is -2.45. The van der Waals surface area contributed by atoms with Gasteiger partial charge in [-0.25, -0.2) is 0 Å². The third-order valence-corrected chi connectivity index (χ3v) is 10.3. The Morgan fingerprint density at radius 2 is 0.938 bits per heavy atom. The number of carboxylic acid groups (broad SMARTS) is 1. The van der Waals surface area contributed by atoms with E-state index in [9.17, 15) is 33.9 Å². The molecule has 20 heteroatoms. The van der Waals surface area contributed by atoms with Crippen LogP contribution < -0.4 is 38.3 Å². The van der Waals surface area contributed by atoms with Crippen molar-refractivity contribution in [3.8, 4) is 0 Å². The number of carboxylic acids is 1. The van der Waals surface area contributed by atoms with E-state index in [2.05, 4.69) is 26.7 Å². The number of ether oxygens (including phenoxy) is 5. The Kier molecular flexibility index (Phi) is 42.2. The van der Waals surface area contributed by atoms with Gasteiger partial charge in [0, 0.05) is 46.0 Å². The van der Waals surface area contributed by atoms with Gasteiger partial charge in [-0.05, 0) is 38.5 Å². The summed E-state index contributed by atoms with van der Waals surface area (Å²) in [4.78, 5) is 70.9. The largest absolute Gasteiger partial charge is 0.481 e. The molecule has 0 rings (SSSR count). The Hall–Kier alpha value is -3.50. The number of unbranched alkanes of at least 4 members (excludes halogenated alkanes) is 16. The fraction of sp³-hybridized carbons (Fsp3) is 0.864. The molecular formula is C44H85N7O13. The van der Waals surface area contributed by atoms with Crippen LogP contribution in [0.5, 0.6) is 0 Å². The van der Waals surface area contributed by atoms with Crippen LogP contribution in [0.2, 0.25) is 0 Å². The van der Waals surface area contributed by atoms with Crippen LogP contribution >= 0.6 is 0 Å². The molecule has 0 fully saturated rings. The smallest absolute Gasteiger partial charge is 0.303 e. The molecule has 0 aromatic rings. The van der Waals surface area contributed by atoms with Crippen molar-refractivity contribution in [2.75, 3.05) is 79.6 Å². The van der Waals surface area contributed by atoms with Gasteiger partial charge in [-0.15, -0.1) is 0 Å². The third kappa shape index (κ3) is 41.2. The molecule has 374 valence electrons. The summed E-state index contributed by atoms with van der Waals surface area (Å²) in [6.07, 6.45) is 19.8. The second kappa shape index (κ2) is 44.7. The van der Waals surface area contributed by atoms with E-state index in [0.29, 0.717) is 25.8 Å². The Bertz CT molecular complexity index is 1200. The number of hydrazine groups is 1. The van der Waals surface area contributed by atoms with E-state index < -0.39 is 24.2 Å². The molecular weight excluding hydrogens is 835 g/mol. The molecule has 0 saturated heterocycles. The summed E-state index contributed by atoms with van der Waals surface area (Å²) in [7, 11) is 1.39. The van der Waals surface area contributed by atoms with Gasteiger partial charge in [-0.2, -0.15) is 0 Å². The molecule has 0 saturated carbocycles. The number of primary amides is 1. The van der Waals surface area contributed by atoms with Gasteiger partial charge in [-0.3, -0.25) is 40.0 Å². The van der Waals surface area contributed by atoms with Crippen LogP contribution in [0.25, 0.3) is 0 Å². The van der Waals surface area contributed by atoms with Crippen LogP contribution in [-0.4, -0.2) is 144 Å². The fourth-order valence-electron chi connectivity index (χ4n) is 6.54. The predicted molar refractivity (Wildman–Crippen MR) is 241 cm³/mol. The summed E-state index contributed by atoms with van der Waals surface area (Å²) >= 11 is 0. The highest BCUT2D eigenvalue weighted by Crippen LogP contribution is 2.14. The lowest BCUT2D eigenvalue weighted by Gasteiger charge is -2.20. The van der Waals surface area contributed by atoms with Crippen molar-refractivity contribution in [2.45, 2.75) is 166 Å². The van der Waals surface area contributed by atoms with Crippen molar-refractivity contribution in [2.24, 2.45) is 11.6 Å². The van der Waals surface area contributed by atoms with Crippen LogP contribution in [0.4, 0.5) is 0 Å². The van der Waals surface area contributed by atoms with Gasteiger partial charge in [-0.1, -0.05) is 89.9 Å². The summed E-state index contributed by atoms with van der Waals surface area (Å²) in [5.41, 5.74) is 7.97. The molecule has 0 aliphatic rings. The van der Waals surface area contributed by atoms with Gasteiger partial charge in [0.1, 0.15) is 19.3 Å². The quantitative estimate of drug-likeness (QED) is 0.0183. The molecule has 0 heterocycles. The third-order valence-electron chi connectivity index (χ3n) is 10.3. The van der Waals surface area contributed by atoms with Crippen molar-refractivity contribution in [3.63, 3.8) is 0 Å². The molecule has 0 aliphatic carbocycles. The van der Waals surface area contributed by atoms with Crippen LogP contribution in [0.15, 0.2) is 0 Å². The molecule has 3 atom stereocenters. The molecule has 0 aromatic heterocycles. The van der Waals surface area contributed by atoms with Crippen LogP contribution in [0, 0.1) is 0 Å². The standard InChI is InChI=1S/C44H85N7O13/c1-60-44(59)37(51-46)20-18-19-25-47-40(54)34-63-32-31-62-29-27-49-41(55)35-64-33-30-61-28-26-48-38(52)24-23-36(43(45)58)50-39(53)21-16-14-12-10-8-6-4-2-3-5-7-9-11-13-15-17-22-42(56)57/h36-37,44,51,59H,2-35,46H2,1H3,(H2,45,58)(H,47,54)(H,48,52)(H,49,55)(H,50,53)(H,56,57). The number of aliphatic carboxylic acids is 1. The van der Waals surface area contributed by atoms with E-state index >= 15 is 0 Å². The number of hydrogen-bond acceptors (Lipinski definition) is 14. The molecule has 0 radical (unpaired) electrons. The molecule has 64 heavy (non-hydrogen) atoms. The number of amides is 5. The predicted octanol–water partition coefficient (Wildman–Crippen LogP) is 2.23. The number of hydrogen-bond donors (Lipinski definition) is 9. The zero-order valence-electron chi connectivity index (χ0n) is 38.8. The Morgan fingerprint density at radius 1 is 0.500 bits per heavy atom. The lowest BCUT2D eigenvalue weighted by molar-refractivity contribution is -0.137. The van der Waals surface area contributed by atoms with E-state index in [1.807, 2.05) is 0 Å². The van der Waals surface area contributed by atoms with Crippen molar-refractivity contribution in [1.82, 2.24) is 26.7 Å². The molecule has 3 unspecified atom stereocenters. The Morgan fingerprint density at radius 3 is 1.39 bits per heavy atom. The molecule has 0 bridgehead atoms. The molecule has 11 N–H and O–H groups in total. The highest BCUT2D eigenvalue weighted by Gasteiger charge is 2.19. The number of aliphatic hydroxyl groups is 1. The molecule has 0 spiro atoms. The van der Waals surface area contributed by atoms with Gasteiger partial charge < -0.3 is 60.9 Å². The topological polar surface area (TPSA) is 301 Å². The maximum absolute atomic E-state index is 12.4. The van der Waals surface area contributed by atoms with Crippen molar-refractivity contribution in [1.29, 1.82) is 0 Å². The number of aliphatic hydroxyl groups excluding tert-OH is 1. The fourth-order valence-corrected chi connectivity index (χ4v) is 6.54. The second-order valence-electron chi connectivity index (χ2n) is 15.9. The van der Waals surface area contributed by atoms with E-state index in [1.54, 1.807) is 0 Å². The number of carbonyl (C=O) groups excluding carboxylic acids is 5. The average Bonchev–Trinajstić information content (AvgIpc) is 3.27. The van der Waals surface area contributed by atoms with Crippen molar-refractivity contribution >= 4 is 35.5 Å². The molecule has 20 nitrogen and oxygen atoms in total. The first-order chi connectivity index (χ1) is 31.0. The van der Waals surface area contributed by atoms with Gasteiger partial charge in [0.05, 0.1) is 45.7 Å². The maximum Gasteiger partial charge on any atom is 0.303 e. The molecule has 5 amide bonds. The lowest BCUT2D eigenvalue weighted by atomic mass is 10.0. The minimum Gasteiger partial charge on any atom is -0.481 e. The van der Waals surface area contributed by atoms with Gasteiger partial charge in [0.15, 0.2) is 6.29 Å². The summed E-state index contributed by atoms with van der Waals surface area (Å²) in [5.74, 6) is 2.90. The molecule has 0 aromatic carbocycles. The maximum atomic E-state index is 12.4. The second-order valence-corrected chi connectivity index (χ2v) is 15.9. The summed E-state index contributed by atoms with van der Waals surface area (Å²) in [6, 6.07) is -1.30. The van der Waals surface area contributed by atoms with Gasteiger partial charge in [0.25, 0.3) is 0 Å².